The predicted molar refractivity (Wildman–Crippen MR) is 97.8 cm³/mol. The number of para-hydroxylation sites is 1. The van der Waals surface area contributed by atoms with E-state index in [4.69, 9.17) is 0 Å². The number of aromatic nitrogens is 1. The normalized spacial score (nSPS) is 15.9. The quantitative estimate of drug-likeness (QED) is 0.678. The lowest BCUT2D eigenvalue weighted by atomic mass is 10.1. The zero-order valence-electron chi connectivity index (χ0n) is 14.5. The number of nitrogens with one attached hydrogen (secondary N) is 3. The van der Waals surface area contributed by atoms with Crippen LogP contribution in [0.1, 0.15) is 32.1 Å². The molecule has 0 radical (unpaired) electrons. The number of ether oxygens (including phenoxy) is 1. The van der Waals surface area contributed by atoms with Crippen LogP contribution in [0, 0.1) is 6.92 Å². The first-order chi connectivity index (χ1) is 12.9. The standard InChI is InChI=1S/C17H16N4O5S/c1-8-13(16(25)26-2)21-17(27-8)20-12(22)7-11-15(24)18-10-6-4-3-5-9(10)14(23)19-11/h3-6,11H,7H2,1-2H3,(H,18,24)(H,19,23)(H,20,21,22). The smallest absolute Gasteiger partial charge is 0.357 e. The van der Waals surface area contributed by atoms with Gasteiger partial charge in [0.1, 0.15) is 6.04 Å². The zero-order chi connectivity index (χ0) is 19.6. The number of carbonyl (C=O) groups is 4. The van der Waals surface area contributed by atoms with Crippen LogP contribution in [0.3, 0.4) is 0 Å². The summed E-state index contributed by atoms with van der Waals surface area (Å²) in [5, 5.41) is 7.92. The van der Waals surface area contributed by atoms with Gasteiger partial charge < -0.3 is 20.7 Å². The summed E-state index contributed by atoms with van der Waals surface area (Å²) in [5.41, 5.74) is 0.835. The highest BCUT2D eigenvalue weighted by Gasteiger charge is 2.29. The molecule has 0 saturated heterocycles. The minimum Gasteiger partial charge on any atom is -0.464 e. The fraction of sp³-hybridized carbons (Fsp3) is 0.235. The Morgan fingerprint density at radius 1 is 1.30 bits per heavy atom. The van der Waals surface area contributed by atoms with E-state index in [-0.39, 0.29) is 17.2 Å². The van der Waals surface area contributed by atoms with Gasteiger partial charge in [0.25, 0.3) is 5.91 Å². The van der Waals surface area contributed by atoms with E-state index in [1.165, 1.54) is 7.11 Å². The van der Waals surface area contributed by atoms with Crippen molar-refractivity contribution in [2.75, 3.05) is 17.7 Å². The van der Waals surface area contributed by atoms with E-state index in [1.807, 2.05) is 0 Å². The van der Waals surface area contributed by atoms with Gasteiger partial charge in [0.2, 0.25) is 11.8 Å². The minimum absolute atomic E-state index is 0.119. The van der Waals surface area contributed by atoms with Gasteiger partial charge >= 0.3 is 5.97 Å². The van der Waals surface area contributed by atoms with Crippen LogP contribution in [0.5, 0.6) is 0 Å². The van der Waals surface area contributed by atoms with Crippen LogP contribution in [-0.4, -0.2) is 41.8 Å². The second-order valence-corrected chi connectivity index (χ2v) is 6.93. The molecule has 0 aliphatic carbocycles. The Bertz CT molecular complexity index is 939. The largest absolute Gasteiger partial charge is 0.464 e. The number of thiazole rings is 1. The Morgan fingerprint density at radius 2 is 2.04 bits per heavy atom. The number of aryl methyl sites for hydroxylation is 1. The van der Waals surface area contributed by atoms with Crippen LogP contribution < -0.4 is 16.0 Å². The predicted octanol–water partition coefficient (Wildman–Crippen LogP) is 1.32. The fourth-order valence-electron chi connectivity index (χ4n) is 2.55. The van der Waals surface area contributed by atoms with E-state index in [2.05, 4.69) is 25.7 Å². The second kappa shape index (κ2) is 7.54. The molecule has 3 N–H and O–H groups in total. The Labute approximate surface area is 158 Å². The van der Waals surface area contributed by atoms with E-state index in [0.29, 0.717) is 16.1 Å². The first-order valence-electron chi connectivity index (χ1n) is 7.95. The van der Waals surface area contributed by atoms with Crippen molar-refractivity contribution < 1.29 is 23.9 Å². The van der Waals surface area contributed by atoms with Crippen LogP contribution >= 0.6 is 11.3 Å². The molecule has 140 valence electrons. The molecule has 1 atom stereocenters. The van der Waals surface area contributed by atoms with Crippen molar-refractivity contribution in [3.63, 3.8) is 0 Å². The topological polar surface area (TPSA) is 126 Å². The van der Waals surface area contributed by atoms with Gasteiger partial charge in [0, 0.05) is 4.88 Å². The molecule has 1 aromatic heterocycles. The molecule has 1 aromatic carbocycles. The Morgan fingerprint density at radius 3 is 2.78 bits per heavy atom. The number of hydrogen-bond donors (Lipinski definition) is 3. The number of carbonyl (C=O) groups excluding carboxylic acids is 4. The molecule has 3 rings (SSSR count). The van der Waals surface area contributed by atoms with E-state index < -0.39 is 29.7 Å². The van der Waals surface area contributed by atoms with Gasteiger partial charge in [-0.1, -0.05) is 12.1 Å². The van der Waals surface area contributed by atoms with Crippen LogP contribution in [0.25, 0.3) is 0 Å². The molecule has 0 spiro atoms. The molecule has 0 bridgehead atoms. The summed E-state index contributed by atoms with van der Waals surface area (Å²) >= 11 is 1.11. The number of rotatable bonds is 4. The van der Waals surface area contributed by atoms with Gasteiger partial charge in [0.05, 0.1) is 24.8 Å². The van der Waals surface area contributed by atoms with Crippen molar-refractivity contribution >= 4 is 45.8 Å². The average Bonchev–Trinajstić information content (AvgIpc) is 2.95. The minimum atomic E-state index is -1.04. The summed E-state index contributed by atoms with van der Waals surface area (Å²) in [6, 6.07) is 5.54. The Kier molecular flexibility index (Phi) is 5.17. The second-order valence-electron chi connectivity index (χ2n) is 5.73. The summed E-state index contributed by atoms with van der Waals surface area (Å²) in [5.74, 6) is -2.06. The maximum atomic E-state index is 12.3. The van der Waals surface area contributed by atoms with E-state index >= 15 is 0 Å². The van der Waals surface area contributed by atoms with E-state index in [0.717, 1.165) is 11.3 Å². The zero-order valence-corrected chi connectivity index (χ0v) is 15.3. The molecular weight excluding hydrogens is 372 g/mol. The molecular formula is C17H16N4O5S. The number of benzene rings is 1. The third kappa shape index (κ3) is 3.95. The van der Waals surface area contributed by atoms with E-state index in [1.54, 1.807) is 31.2 Å². The summed E-state index contributed by atoms with van der Waals surface area (Å²) in [6.07, 6.45) is -0.280. The van der Waals surface area contributed by atoms with Gasteiger partial charge in [-0.05, 0) is 19.1 Å². The van der Waals surface area contributed by atoms with Gasteiger partial charge in [-0.15, -0.1) is 11.3 Å². The van der Waals surface area contributed by atoms with Crippen molar-refractivity contribution in [1.29, 1.82) is 0 Å². The first kappa shape index (κ1) is 18.5. The van der Waals surface area contributed by atoms with Crippen LogP contribution in [-0.2, 0) is 14.3 Å². The van der Waals surface area contributed by atoms with Gasteiger partial charge in [-0.2, -0.15) is 0 Å². The number of methoxy groups -OCH3 is 1. The van der Waals surface area contributed by atoms with Crippen molar-refractivity contribution in [1.82, 2.24) is 10.3 Å². The molecule has 27 heavy (non-hydrogen) atoms. The molecule has 3 amide bonds. The first-order valence-corrected chi connectivity index (χ1v) is 8.77. The third-order valence-electron chi connectivity index (χ3n) is 3.86. The molecule has 9 nitrogen and oxygen atoms in total. The number of esters is 1. The summed E-state index contributed by atoms with van der Waals surface area (Å²) in [6.45, 7) is 1.68. The number of anilines is 2. The molecule has 0 fully saturated rings. The lowest BCUT2D eigenvalue weighted by Crippen LogP contribution is -2.43. The summed E-state index contributed by atoms with van der Waals surface area (Å²) in [7, 11) is 1.24. The number of nitrogens with zero attached hydrogens (tertiary/aromatic N) is 1. The van der Waals surface area contributed by atoms with Gasteiger partial charge in [-0.25, -0.2) is 9.78 Å². The molecule has 1 aliphatic rings. The highest BCUT2D eigenvalue weighted by atomic mass is 32.1. The summed E-state index contributed by atoms with van der Waals surface area (Å²) < 4.78 is 4.62. The van der Waals surface area contributed by atoms with Crippen LogP contribution in [0.15, 0.2) is 24.3 Å². The molecule has 1 unspecified atom stereocenters. The lowest BCUT2D eigenvalue weighted by Gasteiger charge is -2.13. The van der Waals surface area contributed by atoms with E-state index in [9.17, 15) is 19.2 Å². The Hall–Kier alpha value is -3.27. The summed E-state index contributed by atoms with van der Waals surface area (Å²) in [4.78, 5) is 53.1. The molecule has 2 heterocycles. The number of hydrogen-bond acceptors (Lipinski definition) is 7. The van der Waals surface area contributed by atoms with Crippen LogP contribution in [0.2, 0.25) is 0 Å². The monoisotopic (exact) mass is 388 g/mol. The van der Waals surface area contributed by atoms with Crippen molar-refractivity contribution in [2.24, 2.45) is 0 Å². The number of amides is 3. The Balaban J connectivity index is 1.69. The van der Waals surface area contributed by atoms with Gasteiger partial charge in [0.15, 0.2) is 10.8 Å². The average molecular weight is 388 g/mol. The molecule has 0 saturated carbocycles. The maximum absolute atomic E-state index is 12.3. The molecule has 10 heteroatoms. The van der Waals surface area contributed by atoms with Crippen molar-refractivity contribution in [3.8, 4) is 0 Å². The maximum Gasteiger partial charge on any atom is 0.357 e. The highest BCUT2D eigenvalue weighted by Crippen LogP contribution is 2.23. The fourth-order valence-corrected chi connectivity index (χ4v) is 3.36. The SMILES string of the molecule is COC(=O)c1nc(NC(=O)CC2NC(=O)c3ccccc3NC2=O)sc1C. The van der Waals surface area contributed by atoms with Gasteiger partial charge in [-0.3, -0.25) is 14.4 Å². The van der Waals surface area contributed by atoms with Crippen molar-refractivity contribution in [2.45, 2.75) is 19.4 Å². The lowest BCUT2D eigenvalue weighted by molar-refractivity contribution is -0.122. The third-order valence-corrected chi connectivity index (χ3v) is 4.75. The molecule has 1 aliphatic heterocycles. The van der Waals surface area contributed by atoms with Crippen LogP contribution in [0.4, 0.5) is 10.8 Å². The molecule has 2 aromatic rings. The highest BCUT2D eigenvalue weighted by molar-refractivity contribution is 7.16. The van der Waals surface area contributed by atoms with Crippen molar-refractivity contribution in [3.05, 3.63) is 40.4 Å². The number of fused-ring (bicyclic) bond motifs is 1.